The first kappa shape index (κ1) is 28.7. The minimum Gasteiger partial charge on any atom is -0.483 e. The number of rotatable bonds is 7. The molecule has 1 aliphatic rings. The third kappa shape index (κ3) is 6.23. The Labute approximate surface area is 244 Å². The summed E-state index contributed by atoms with van der Waals surface area (Å²) >= 11 is 0. The van der Waals surface area contributed by atoms with Crippen molar-refractivity contribution in [3.8, 4) is 11.1 Å². The van der Waals surface area contributed by atoms with E-state index in [4.69, 9.17) is 20.6 Å². The van der Waals surface area contributed by atoms with Gasteiger partial charge >= 0.3 is 0 Å². The quantitative estimate of drug-likeness (QED) is 0.243. The van der Waals surface area contributed by atoms with Gasteiger partial charge in [-0.1, -0.05) is 18.2 Å². The Morgan fingerprint density at radius 2 is 1.90 bits per heavy atom. The number of carbonyl (C=O) groups excluding carboxylic acids is 1. The number of anilines is 1. The van der Waals surface area contributed by atoms with Crippen LogP contribution in [0.3, 0.4) is 0 Å². The number of piperidine rings is 1. The summed E-state index contributed by atoms with van der Waals surface area (Å²) < 4.78 is 2.14. The number of nitrogens with one attached hydrogen (secondary N) is 1. The number of fused-ring (bicyclic) bond motifs is 2. The lowest BCUT2D eigenvalue weighted by molar-refractivity contribution is -0.132. The Kier molecular flexibility index (Phi) is 9.03. The van der Waals surface area contributed by atoms with Gasteiger partial charge in [0.05, 0.1) is 17.1 Å². The number of amides is 1. The van der Waals surface area contributed by atoms with Crippen molar-refractivity contribution < 1.29 is 14.7 Å². The molecule has 1 amide bonds. The van der Waals surface area contributed by atoms with Crippen molar-refractivity contribution in [1.29, 1.82) is 0 Å². The molecule has 1 fully saturated rings. The van der Waals surface area contributed by atoms with E-state index in [-0.39, 0.29) is 18.4 Å². The highest BCUT2D eigenvalue weighted by Gasteiger charge is 2.30. The van der Waals surface area contributed by atoms with Crippen LogP contribution in [0.5, 0.6) is 0 Å². The van der Waals surface area contributed by atoms with Crippen molar-refractivity contribution in [3.05, 3.63) is 85.1 Å². The van der Waals surface area contributed by atoms with Crippen LogP contribution in [0.4, 0.5) is 5.69 Å². The lowest BCUT2D eigenvalue weighted by Gasteiger charge is -2.37. The first-order valence-corrected chi connectivity index (χ1v) is 14.0. The van der Waals surface area contributed by atoms with Crippen molar-refractivity contribution in [3.63, 3.8) is 0 Å². The summed E-state index contributed by atoms with van der Waals surface area (Å²) in [6, 6.07) is 17.1. The minimum atomic E-state index is -0.250. The summed E-state index contributed by atoms with van der Waals surface area (Å²) in [5, 5.41) is 11.9. The fraction of sp³-hybridized carbons (Fsp3) is 0.281. The maximum absolute atomic E-state index is 12.4. The van der Waals surface area contributed by atoms with Gasteiger partial charge in [0.15, 0.2) is 0 Å². The SMILES string of the molecule is Cn1ccc2ccc(-c3cc(NC(c4cccnc4)C4CCN(C(=O)CCN)CC4)cc4nccnc34)cc21.O=CO. The molecule has 10 heteroatoms. The highest BCUT2D eigenvalue weighted by Crippen LogP contribution is 2.37. The summed E-state index contributed by atoms with van der Waals surface area (Å²) in [5.74, 6) is 0.492. The smallest absolute Gasteiger partial charge is 0.290 e. The van der Waals surface area contributed by atoms with Gasteiger partial charge in [0.2, 0.25) is 5.91 Å². The number of nitrogens with two attached hydrogens (primary N) is 1. The number of carboxylic acid groups (broad SMARTS) is 1. The van der Waals surface area contributed by atoms with Crippen LogP contribution in [-0.2, 0) is 16.6 Å². The summed E-state index contributed by atoms with van der Waals surface area (Å²) in [7, 11) is 2.06. The van der Waals surface area contributed by atoms with Gasteiger partial charge in [-0.25, -0.2) is 0 Å². The number of carbonyl (C=O) groups is 2. The molecule has 0 spiro atoms. The second-order valence-corrected chi connectivity index (χ2v) is 10.4. The molecule has 3 aromatic heterocycles. The van der Waals surface area contributed by atoms with E-state index in [1.54, 1.807) is 18.6 Å². The number of benzene rings is 2. The van der Waals surface area contributed by atoms with Gasteiger partial charge in [-0.2, -0.15) is 0 Å². The zero-order chi connectivity index (χ0) is 29.5. The lowest BCUT2D eigenvalue weighted by Crippen LogP contribution is -2.41. The molecular weight excluding hydrogens is 530 g/mol. The van der Waals surface area contributed by atoms with Gasteiger partial charge in [-0.15, -0.1) is 0 Å². The molecule has 0 aliphatic carbocycles. The Morgan fingerprint density at radius 1 is 1.12 bits per heavy atom. The lowest BCUT2D eigenvalue weighted by atomic mass is 9.85. The normalized spacial score (nSPS) is 14.3. The minimum absolute atomic E-state index is 0.0442. The van der Waals surface area contributed by atoms with Crippen LogP contribution in [0, 0.1) is 5.92 Å². The monoisotopic (exact) mass is 565 g/mol. The Balaban J connectivity index is 0.00000113. The van der Waals surface area contributed by atoms with Crippen molar-refractivity contribution in [1.82, 2.24) is 24.4 Å². The van der Waals surface area contributed by atoms with Crippen LogP contribution in [0.1, 0.15) is 30.9 Å². The van der Waals surface area contributed by atoms with Gasteiger partial charge in [0, 0.05) is 80.9 Å². The molecule has 4 heterocycles. The number of aromatic nitrogens is 4. The van der Waals surface area contributed by atoms with E-state index in [2.05, 4.69) is 75.6 Å². The highest BCUT2D eigenvalue weighted by atomic mass is 16.3. The topological polar surface area (TPSA) is 139 Å². The van der Waals surface area contributed by atoms with Crippen molar-refractivity contribution in [2.45, 2.75) is 25.3 Å². The number of aryl methyl sites for hydroxylation is 1. The molecule has 0 radical (unpaired) electrons. The largest absolute Gasteiger partial charge is 0.483 e. The molecule has 42 heavy (non-hydrogen) atoms. The predicted octanol–water partition coefficient (Wildman–Crippen LogP) is 4.62. The zero-order valence-corrected chi connectivity index (χ0v) is 23.6. The third-order valence-electron chi connectivity index (χ3n) is 7.86. The zero-order valence-electron chi connectivity index (χ0n) is 23.6. The average molecular weight is 566 g/mol. The predicted molar refractivity (Wildman–Crippen MR) is 164 cm³/mol. The molecule has 5 aromatic rings. The van der Waals surface area contributed by atoms with E-state index in [1.165, 1.54) is 10.9 Å². The van der Waals surface area contributed by atoms with Gasteiger partial charge in [0.1, 0.15) is 0 Å². The maximum atomic E-state index is 12.4. The molecule has 0 saturated carbocycles. The molecular formula is C32H35N7O3. The maximum Gasteiger partial charge on any atom is 0.290 e. The van der Waals surface area contributed by atoms with E-state index < -0.39 is 0 Å². The third-order valence-corrected chi connectivity index (χ3v) is 7.86. The number of likely N-dealkylation sites (tertiary alicyclic amines) is 1. The Morgan fingerprint density at radius 3 is 2.64 bits per heavy atom. The number of pyridine rings is 1. The summed E-state index contributed by atoms with van der Waals surface area (Å²) in [4.78, 5) is 36.5. The molecule has 10 nitrogen and oxygen atoms in total. The molecule has 1 aliphatic heterocycles. The second kappa shape index (κ2) is 13.2. The molecule has 216 valence electrons. The van der Waals surface area contributed by atoms with E-state index in [0.717, 1.165) is 59.3 Å². The van der Waals surface area contributed by atoms with Gasteiger partial charge in [-0.05, 0) is 65.6 Å². The van der Waals surface area contributed by atoms with Crippen molar-refractivity contribution >= 4 is 40.0 Å². The van der Waals surface area contributed by atoms with E-state index in [9.17, 15) is 4.79 Å². The molecule has 2 aromatic carbocycles. The van der Waals surface area contributed by atoms with Gasteiger partial charge < -0.3 is 25.6 Å². The van der Waals surface area contributed by atoms with Crippen LogP contribution in [-0.4, -0.2) is 61.5 Å². The van der Waals surface area contributed by atoms with Gasteiger partial charge in [0.25, 0.3) is 6.47 Å². The summed E-state index contributed by atoms with van der Waals surface area (Å²) in [6.07, 6.45) is 11.5. The number of nitrogens with zero attached hydrogens (tertiary/aromatic N) is 5. The van der Waals surface area contributed by atoms with Crippen LogP contribution in [0.2, 0.25) is 0 Å². The fourth-order valence-electron chi connectivity index (χ4n) is 5.78. The summed E-state index contributed by atoms with van der Waals surface area (Å²) in [5.41, 5.74) is 12.8. The Bertz CT molecular complexity index is 1660. The first-order valence-electron chi connectivity index (χ1n) is 14.0. The fourth-order valence-corrected chi connectivity index (χ4v) is 5.78. The number of hydrogen-bond donors (Lipinski definition) is 3. The number of hydrogen-bond acceptors (Lipinski definition) is 7. The molecule has 0 bridgehead atoms. The molecule has 6 rings (SSSR count). The van der Waals surface area contributed by atoms with Gasteiger partial charge in [-0.3, -0.25) is 24.5 Å². The molecule has 4 N–H and O–H groups in total. The van der Waals surface area contributed by atoms with Crippen LogP contribution >= 0.6 is 0 Å². The van der Waals surface area contributed by atoms with Crippen LogP contribution < -0.4 is 11.1 Å². The molecule has 1 unspecified atom stereocenters. The van der Waals surface area contributed by atoms with Crippen molar-refractivity contribution in [2.75, 3.05) is 25.0 Å². The molecule has 1 atom stereocenters. The van der Waals surface area contributed by atoms with E-state index >= 15 is 0 Å². The van der Waals surface area contributed by atoms with E-state index in [0.29, 0.717) is 18.9 Å². The first-order chi connectivity index (χ1) is 20.5. The van der Waals surface area contributed by atoms with Crippen molar-refractivity contribution in [2.24, 2.45) is 18.7 Å². The average Bonchev–Trinajstić information content (AvgIpc) is 3.40. The van der Waals surface area contributed by atoms with E-state index in [1.807, 2.05) is 17.2 Å². The molecule has 1 saturated heterocycles. The van der Waals surface area contributed by atoms with Crippen LogP contribution in [0.15, 0.2) is 79.5 Å². The highest BCUT2D eigenvalue weighted by molar-refractivity contribution is 5.97. The Hall–Kier alpha value is -4.83. The second-order valence-electron chi connectivity index (χ2n) is 10.4. The van der Waals surface area contributed by atoms with Crippen LogP contribution in [0.25, 0.3) is 33.1 Å². The standard InChI is InChI=1S/C31H33N7O.CH2O2/c1-37-14-7-21-4-5-23(17-28(21)37)26-18-25(19-27-31(26)35-13-12-34-27)36-30(24-3-2-11-33-20-24)22-8-15-38(16-9-22)29(39)6-10-32;2-1-3/h2-5,7,11-14,17-20,22,30,36H,6,8-10,15-16,32H2,1H3;1H,(H,2,3). The summed E-state index contributed by atoms with van der Waals surface area (Å²) in [6.45, 7) is 1.63.